The molecule has 0 saturated heterocycles. The standard InChI is InChI=1S/C78H80N2/c1-41(2)53-21-17-22-54(42(3)4)69(53)49-29-33-65-61(37-49)73-74-62-38-50(70-55(43(5)6)23-18-24-56(70)44(7)8)31-35-67(62)80-68-36-32-52(72-59(47(13)14)27-20-28-60(72)48(15)16)40-64(68)76(78(74)80)75-63-39-51(30-34-66(63)79(65)77(73)75)71-57(45(9)10)25-19-26-58(71)46(11)12/h17-48H,1-16H3. The Labute approximate surface area is 475 Å². The maximum absolute atomic E-state index is 2.68. The van der Waals surface area contributed by atoms with E-state index >= 15 is 0 Å². The number of benzene rings is 9. The van der Waals surface area contributed by atoms with Crippen LogP contribution in [0.5, 0.6) is 0 Å². The fraction of sp³-hybridized carbons (Fsp3) is 0.308. The van der Waals surface area contributed by atoms with E-state index in [1.54, 1.807) is 0 Å². The maximum Gasteiger partial charge on any atom is 0.0634 e. The van der Waals surface area contributed by atoms with Crippen molar-refractivity contribution in [3.63, 3.8) is 0 Å². The summed E-state index contributed by atoms with van der Waals surface area (Å²) in [5.41, 5.74) is 29.8. The molecule has 0 fully saturated rings. The Hall–Kier alpha value is -7.42. The van der Waals surface area contributed by atoms with Gasteiger partial charge in [-0.1, -0.05) is 208 Å². The molecule has 2 heteroatoms. The molecule has 0 N–H and O–H groups in total. The summed E-state index contributed by atoms with van der Waals surface area (Å²) in [6, 6.07) is 58.1. The highest BCUT2D eigenvalue weighted by Crippen LogP contribution is 2.55. The molecule has 0 bridgehead atoms. The lowest BCUT2D eigenvalue weighted by Crippen LogP contribution is -2.00. The lowest BCUT2D eigenvalue weighted by atomic mass is 9.84. The summed E-state index contributed by atoms with van der Waals surface area (Å²) in [4.78, 5) is 0. The molecule has 402 valence electrons. The Morgan fingerprint density at radius 1 is 0.225 bits per heavy atom. The third kappa shape index (κ3) is 7.56. The van der Waals surface area contributed by atoms with Crippen LogP contribution in [0.4, 0.5) is 0 Å². The van der Waals surface area contributed by atoms with Gasteiger partial charge in [-0.05, 0) is 185 Å². The van der Waals surface area contributed by atoms with Crippen LogP contribution < -0.4 is 0 Å². The van der Waals surface area contributed by atoms with Crippen LogP contribution in [0, 0.1) is 0 Å². The lowest BCUT2D eigenvalue weighted by Gasteiger charge is -2.20. The number of hydrogen-bond donors (Lipinski definition) is 0. The minimum atomic E-state index is 0.376. The largest absolute Gasteiger partial charge is 0.308 e. The fourth-order valence-electron chi connectivity index (χ4n) is 14.8. The van der Waals surface area contributed by atoms with E-state index in [4.69, 9.17) is 0 Å². The molecule has 4 heterocycles. The average Bonchev–Trinajstić information content (AvgIpc) is 4.30. The molecule has 2 nitrogen and oxygen atoms in total. The Morgan fingerprint density at radius 2 is 0.400 bits per heavy atom. The molecular weight excluding hydrogens is 965 g/mol. The zero-order chi connectivity index (χ0) is 56.1. The SMILES string of the molecule is CC(C)c1cccc(C(C)C)c1-c1ccc2c(c1)c1c3c4cc(-c5c(C(C)C)cccc5C(C)C)ccc4n4c5ccc(-c6c(C(C)C)cccc6C(C)C)cc5c(c5c6cc(-c7c(C(C)C)cccc7C(C)C)ccc6n2c15)c34. The van der Waals surface area contributed by atoms with Gasteiger partial charge >= 0.3 is 0 Å². The summed E-state index contributed by atoms with van der Waals surface area (Å²) in [5, 5.41) is 10.7. The first-order chi connectivity index (χ1) is 38.4. The van der Waals surface area contributed by atoms with Crippen molar-refractivity contribution in [3.05, 3.63) is 190 Å². The Bertz CT molecular complexity index is 3910. The first kappa shape index (κ1) is 52.0. The van der Waals surface area contributed by atoms with Crippen molar-refractivity contribution < 1.29 is 0 Å². The van der Waals surface area contributed by atoms with E-state index in [9.17, 15) is 0 Å². The van der Waals surface area contributed by atoms with E-state index < -0.39 is 0 Å². The monoisotopic (exact) mass is 1040 g/mol. The van der Waals surface area contributed by atoms with Crippen LogP contribution in [0.25, 0.3) is 121 Å². The van der Waals surface area contributed by atoms with Crippen LogP contribution in [0.2, 0.25) is 0 Å². The number of fused-ring (bicyclic) bond motifs is 14. The van der Waals surface area contributed by atoms with Crippen LogP contribution >= 0.6 is 0 Å². The van der Waals surface area contributed by atoms with Gasteiger partial charge in [-0.2, -0.15) is 0 Å². The molecule has 9 aromatic carbocycles. The highest BCUT2D eigenvalue weighted by Gasteiger charge is 2.31. The second kappa shape index (κ2) is 19.1. The van der Waals surface area contributed by atoms with Gasteiger partial charge < -0.3 is 8.80 Å². The predicted molar refractivity (Wildman–Crippen MR) is 350 cm³/mol. The Morgan fingerprint density at radius 3 is 0.562 bits per heavy atom. The Balaban J connectivity index is 1.28. The molecule has 0 atom stereocenters. The van der Waals surface area contributed by atoms with Crippen LogP contribution in [0.15, 0.2) is 146 Å². The highest BCUT2D eigenvalue weighted by atomic mass is 14.9. The maximum atomic E-state index is 2.68. The van der Waals surface area contributed by atoms with Crippen molar-refractivity contribution in [1.29, 1.82) is 0 Å². The third-order valence-electron chi connectivity index (χ3n) is 18.6. The molecule has 0 saturated carbocycles. The second-order valence-corrected chi connectivity index (χ2v) is 26.3. The van der Waals surface area contributed by atoms with Crippen LogP contribution in [-0.2, 0) is 0 Å². The quantitative estimate of drug-likeness (QED) is 0.115. The summed E-state index contributed by atoms with van der Waals surface area (Å²) < 4.78 is 5.36. The second-order valence-electron chi connectivity index (χ2n) is 26.3. The molecule has 0 aliphatic heterocycles. The summed E-state index contributed by atoms with van der Waals surface area (Å²) in [6.07, 6.45) is 0. The van der Waals surface area contributed by atoms with Crippen molar-refractivity contribution >= 4 is 76.2 Å². The number of hydrogen-bond acceptors (Lipinski definition) is 0. The van der Waals surface area contributed by atoms with Crippen molar-refractivity contribution in [3.8, 4) is 44.5 Å². The minimum absolute atomic E-state index is 0.376. The molecule has 0 spiro atoms. The zero-order valence-corrected chi connectivity index (χ0v) is 50.4. The van der Waals surface area contributed by atoms with Gasteiger partial charge in [0.05, 0.1) is 33.1 Å². The van der Waals surface area contributed by atoms with Gasteiger partial charge in [0.2, 0.25) is 0 Å². The van der Waals surface area contributed by atoms with E-state index in [0.29, 0.717) is 47.3 Å². The van der Waals surface area contributed by atoms with Crippen LogP contribution in [-0.4, -0.2) is 8.80 Å². The summed E-state index contributed by atoms with van der Waals surface area (Å²) in [6.45, 7) is 37.7. The molecule has 0 aliphatic rings. The van der Waals surface area contributed by atoms with Crippen molar-refractivity contribution in [2.24, 2.45) is 0 Å². The first-order valence-corrected chi connectivity index (χ1v) is 30.3. The number of nitrogens with zero attached hydrogens (tertiary/aromatic N) is 2. The molecule has 13 rings (SSSR count). The summed E-state index contributed by atoms with van der Waals surface area (Å²) in [5.74, 6) is 3.01. The number of aromatic nitrogens is 2. The third-order valence-corrected chi connectivity index (χ3v) is 18.6. The highest BCUT2D eigenvalue weighted by molar-refractivity contribution is 6.45. The van der Waals surface area contributed by atoms with Crippen LogP contribution in [0.1, 0.15) is 203 Å². The number of rotatable bonds is 12. The molecular formula is C78H80N2. The van der Waals surface area contributed by atoms with Gasteiger partial charge in [0, 0.05) is 43.1 Å². The van der Waals surface area contributed by atoms with E-state index in [1.807, 2.05) is 0 Å². The van der Waals surface area contributed by atoms with Crippen molar-refractivity contribution in [2.75, 3.05) is 0 Å². The van der Waals surface area contributed by atoms with E-state index in [0.717, 1.165) is 0 Å². The molecule has 4 aromatic heterocycles. The lowest BCUT2D eigenvalue weighted by molar-refractivity contribution is 0.838. The Kier molecular flexibility index (Phi) is 12.4. The van der Waals surface area contributed by atoms with Crippen molar-refractivity contribution in [2.45, 2.75) is 158 Å². The molecule has 0 radical (unpaired) electrons. The predicted octanol–water partition coefficient (Wildman–Crippen LogP) is 23.6. The minimum Gasteiger partial charge on any atom is -0.308 e. The molecule has 80 heavy (non-hydrogen) atoms. The van der Waals surface area contributed by atoms with Gasteiger partial charge in [0.1, 0.15) is 0 Å². The van der Waals surface area contributed by atoms with Gasteiger partial charge in [0.25, 0.3) is 0 Å². The molecule has 0 amide bonds. The normalized spacial score (nSPS) is 12.9. The van der Waals surface area contributed by atoms with E-state index in [1.165, 1.54) is 165 Å². The fourth-order valence-corrected chi connectivity index (χ4v) is 14.8. The molecule has 0 aliphatic carbocycles. The van der Waals surface area contributed by atoms with Crippen molar-refractivity contribution in [1.82, 2.24) is 8.80 Å². The topological polar surface area (TPSA) is 8.82 Å². The van der Waals surface area contributed by atoms with E-state index in [2.05, 4.69) is 265 Å². The van der Waals surface area contributed by atoms with E-state index in [-0.39, 0.29) is 0 Å². The molecule has 0 unspecified atom stereocenters. The van der Waals surface area contributed by atoms with Gasteiger partial charge in [0.15, 0.2) is 0 Å². The van der Waals surface area contributed by atoms with Gasteiger partial charge in [-0.15, -0.1) is 0 Å². The summed E-state index contributed by atoms with van der Waals surface area (Å²) in [7, 11) is 0. The first-order valence-electron chi connectivity index (χ1n) is 30.3. The zero-order valence-electron chi connectivity index (χ0n) is 50.4. The van der Waals surface area contributed by atoms with Gasteiger partial charge in [-0.3, -0.25) is 0 Å². The van der Waals surface area contributed by atoms with Crippen LogP contribution in [0.3, 0.4) is 0 Å². The molecule has 13 aromatic rings. The summed E-state index contributed by atoms with van der Waals surface area (Å²) >= 11 is 0. The van der Waals surface area contributed by atoms with Gasteiger partial charge in [-0.25, -0.2) is 0 Å². The average molecular weight is 1050 g/mol. The smallest absolute Gasteiger partial charge is 0.0634 e.